The van der Waals surface area contributed by atoms with Crippen LogP contribution in [0.15, 0.2) is 47.3 Å². The molecule has 0 aliphatic carbocycles. The Balaban J connectivity index is 1.63. The zero-order chi connectivity index (χ0) is 24.9. The summed E-state index contributed by atoms with van der Waals surface area (Å²) in [5.74, 6) is 1.35. The van der Waals surface area contributed by atoms with Gasteiger partial charge in [-0.05, 0) is 80.3 Å². The minimum atomic E-state index is -0.0864. The van der Waals surface area contributed by atoms with E-state index in [4.69, 9.17) is 21.7 Å². The molecule has 8 heteroatoms. The van der Waals surface area contributed by atoms with E-state index in [1.807, 2.05) is 43.3 Å². The first-order chi connectivity index (χ1) is 16.9. The molecule has 35 heavy (non-hydrogen) atoms. The van der Waals surface area contributed by atoms with Gasteiger partial charge >= 0.3 is 0 Å². The summed E-state index contributed by atoms with van der Waals surface area (Å²) in [6.07, 6.45) is 2.29. The van der Waals surface area contributed by atoms with E-state index in [9.17, 15) is 4.79 Å². The number of nitrogens with one attached hydrogen (secondary N) is 2. The van der Waals surface area contributed by atoms with Gasteiger partial charge in [-0.3, -0.25) is 9.69 Å². The van der Waals surface area contributed by atoms with Gasteiger partial charge < -0.3 is 24.7 Å². The Labute approximate surface area is 212 Å². The highest BCUT2D eigenvalue weighted by Gasteiger charge is 2.27. The van der Waals surface area contributed by atoms with Crippen LogP contribution in [0.5, 0.6) is 11.5 Å². The number of aryl methyl sites for hydroxylation is 1. The maximum atomic E-state index is 13.0. The summed E-state index contributed by atoms with van der Waals surface area (Å²) >= 11 is 5.89. The number of thiocarbonyl (C=S) groups is 1. The molecular weight excluding hydrogens is 460 g/mol. The third-order valence-electron chi connectivity index (χ3n) is 6.71. The molecule has 0 saturated carbocycles. The summed E-state index contributed by atoms with van der Waals surface area (Å²) in [5.41, 5.74) is 3.32. The number of aromatic amines is 1. The highest BCUT2D eigenvalue weighted by Crippen LogP contribution is 2.29. The number of H-pyrrole nitrogens is 1. The first kappa shape index (κ1) is 25.0. The van der Waals surface area contributed by atoms with Crippen LogP contribution in [0.4, 0.5) is 5.69 Å². The van der Waals surface area contributed by atoms with Gasteiger partial charge in [-0.2, -0.15) is 0 Å². The van der Waals surface area contributed by atoms with E-state index < -0.39 is 0 Å². The Kier molecular flexibility index (Phi) is 7.93. The second-order valence-electron chi connectivity index (χ2n) is 9.02. The van der Waals surface area contributed by atoms with Gasteiger partial charge in [0, 0.05) is 29.7 Å². The summed E-state index contributed by atoms with van der Waals surface area (Å²) in [6, 6.07) is 14.0. The van der Waals surface area contributed by atoms with Crippen molar-refractivity contribution in [2.75, 3.05) is 39.2 Å². The quantitative estimate of drug-likeness (QED) is 0.446. The van der Waals surface area contributed by atoms with Gasteiger partial charge in [0.15, 0.2) is 5.11 Å². The maximum Gasteiger partial charge on any atom is 0.253 e. The van der Waals surface area contributed by atoms with Crippen molar-refractivity contribution in [1.29, 1.82) is 0 Å². The Bertz CT molecular complexity index is 1260. The van der Waals surface area contributed by atoms with Crippen LogP contribution >= 0.6 is 12.2 Å². The minimum Gasteiger partial charge on any atom is -0.497 e. The normalized spacial score (nSPS) is 15.8. The van der Waals surface area contributed by atoms with Gasteiger partial charge in [0.1, 0.15) is 11.5 Å². The molecule has 2 aromatic carbocycles. The maximum absolute atomic E-state index is 13.0. The van der Waals surface area contributed by atoms with Crippen molar-refractivity contribution in [3.8, 4) is 11.5 Å². The number of likely N-dealkylation sites (N-methyl/N-ethyl adjacent to an activating group) is 1. The van der Waals surface area contributed by atoms with Crippen LogP contribution < -0.4 is 20.3 Å². The Morgan fingerprint density at radius 2 is 2.03 bits per heavy atom. The molecule has 0 radical (unpaired) electrons. The van der Waals surface area contributed by atoms with E-state index in [1.165, 1.54) is 6.42 Å². The second kappa shape index (κ2) is 11.1. The summed E-state index contributed by atoms with van der Waals surface area (Å²) < 4.78 is 10.9. The van der Waals surface area contributed by atoms with Crippen molar-refractivity contribution in [1.82, 2.24) is 14.8 Å². The van der Waals surface area contributed by atoms with E-state index in [0.29, 0.717) is 34.8 Å². The van der Waals surface area contributed by atoms with Gasteiger partial charge in [-0.1, -0.05) is 19.1 Å². The molecule has 2 N–H and O–H groups in total. The second-order valence-corrected chi connectivity index (χ2v) is 9.40. The molecule has 4 rings (SSSR count). The number of pyridine rings is 1. The molecule has 0 unspecified atom stereocenters. The number of likely N-dealkylation sites (tertiary alicyclic amines) is 1. The fourth-order valence-electron chi connectivity index (χ4n) is 4.77. The Morgan fingerprint density at radius 1 is 1.20 bits per heavy atom. The third kappa shape index (κ3) is 5.77. The summed E-state index contributed by atoms with van der Waals surface area (Å²) in [7, 11) is 3.24. The summed E-state index contributed by atoms with van der Waals surface area (Å²) in [5, 5.41) is 4.92. The average molecular weight is 495 g/mol. The molecule has 1 saturated heterocycles. The zero-order valence-electron chi connectivity index (χ0n) is 20.9. The van der Waals surface area contributed by atoms with Crippen LogP contribution in [-0.2, 0) is 6.54 Å². The monoisotopic (exact) mass is 494 g/mol. The number of anilines is 1. The van der Waals surface area contributed by atoms with Crippen LogP contribution in [0.2, 0.25) is 0 Å². The van der Waals surface area contributed by atoms with Gasteiger partial charge in [-0.15, -0.1) is 0 Å². The van der Waals surface area contributed by atoms with Crippen LogP contribution in [0, 0.1) is 6.92 Å². The lowest BCUT2D eigenvalue weighted by atomic mass is 10.1. The summed E-state index contributed by atoms with van der Waals surface area (Å²) in [4.78, 5) is 20.6. The number of rotatable bonds is 8. The number of ether oxygens (including phenoxy) is 2. The zero-order valence-corrected chi connectivity index (χ0v) is 21.7. The Hall–Kier alpha value is -3.10. The number of aromatic nitrogens is 1. The molecule has 0 amide bonds. The number of benzene rings is 2. The molecule has 1 aliphatic heterocycles. The van der Waals surface area contributed by atoms with Crippen LogP contribution in [0.25, 0.3) is 10.9 Å². The largest absolute Gasteiger partial charge is 0.497 e. The number of hydrogen-bond donors (Lipinski definition) is 2. The number of fused-ring (bicyclic) bond motifs is 1. The summed E-state index contributed by atoms with van der Waals surface area (Å²) in [6.45, 7) is 7.46. The van der Waals surface area contributed by atoms with E-state index in [-0.39, 0.29) is 5.56 Å². The SMILES string of the molecule is CCN1CCC[C@@H]1CN(Cc1cc2ccc(C)cc2[nH]c1=O)C(=S)Nc1ccc(OC)cc1OC. The first-order valence-electron chi connectivity index (χ1n) is 12.1. The van der Waals surface area contributed by atoms with E-state index in [1.54, 1.807) is 14.2 Å². The minimum absolute atomic E-state index is 0.0864. The molecule has 1 aliphatic rings. The van der Waals surface area contributed by atoms with Gasteiger partial charge in [0.25, 0.3) is 5.56 Å². The molecule has 3 aromatic rings. The molecule has 1 fully saturated rings. The fourth-order valence-corrected chi connectivity index (χ4v) is 5.02. The van der Waals surface area contributed by atoms with Crippen LogP contribution in [-0.4, -0.2) is 59.8 Å². The molecule has 186 valence electrons. The molecule has 0 spiro atoms. The highest BCUT2D eigenvalue weighted by molar-refractivity contribution is 7.80. The highest BCUT2D eigenvalue weighted by atomic mass is 32.1. The molecule has 7 nitrogen and oxygen atoms in total. The van der Waals surface area contributed by atoms with E-state index in [0.717, 1.165) is 48.2 Å². The van der Waals surface area contributed by atoms with Crippen molar-refractivity contribution in [2.24, 2.45) is 0 Å². The van der Waals surface area contributed by atoms with Crippen LogP contribution in [0.1, 0.15) is 30.9 Å². The third-order valence-corrected chi connectivity index (χ3v) is 7.07. The van der Waals surface area contributed by atoms with Crippen molar-refractivity contribution < 1.29 is 9.47 Å². The number of methoxy groups -OCH3 is 2. The molecule has 2 heterocycles. The average Bonchev–Trinajstić information content (AvgIpc) is 3.31. The first-order valence-corrected chi connectivity index (χ1v) is 12.5. The predicted octanol–water partition coefficient (Wildman–Crippen LogP) is 4.54. The standard InChI is InChI=1S/C27H34N4O3S/c1-5-30-12-6-7-21(30)17-31(27(35)29-23-11-10-22(33-3)15-25(23)34-4)16-20-14-19-9-8-18(2)13-24(19)28-26(20)32/h8-11,13-15,21H,5-7,12,16-17H2,1-4H3,(H,28,32)(H,29,35)/t21-/m1/s1. The van der Waals surface area contributed by atoms with E-state index in [2.05, 4.69) is 33.1 Å². The molecular formula is C27H34N4O3S. The molecule has 1 aromatic heterocycles. The Morgan fingerprint density at radius 3 is 2.77 bits per heavy atom. The van der Waals surface area contributed by atoms with Crippen molar-refractivity contribution in [3.63, 3.8) is 0 Å². The lowest BCUT2D eigenvalue weighted by molar-refractivity contribution is 0.221. The van der Waals surface area contributed by atoms with Gasteiger partial charge in [0.2, 0.25) is 0 Å². The molecule has 1 atom stereocenters. The lowest BCUT2D eigenvalue weighted by Crippen LogP contribution is -2.44. The smallest absolute Gasteiger partial charge is 0.253 e. The number of nitrogens with zero attached hydrogens (tertiary/aromatic N) is 2. The topological polar surface area (TPSA) is 69.8 Å². The van der Waals surface area contributed by atoms with Gasteiger partial charge in [-0.25, -0.2) is 0 Å². The predicted molar refractivity (Wildman–Crippen MR) is 146 cm³/mol. The number of hydrogen-bond acceptors (Lipinski definition) is 5. The fraction of sp³-hybridized carbons (Fsp3) is 0.407. The lowest BCUT2D eigenvalue weighted by Gasteiger charge is -2.32. The van der Waals surface area contributed by atoms with E-state index >= 15 is 0 Å². The van der Waals surface area contributed by atoms with Crippen molar-refractivity contribution in [2.45, 2.75) is 39.3 Å². The van der Waals surface area contributed by atoms with Crippen molar-refractivity contribution >= 4 is 33.9 Å². The van der Waals surface area contributed by atoms with Gasteiger partial charge in [0.05, 0.1) is 26.5 Å². The van der Waals surface area contributed by atoms with Crippen molar-refractivity contribution in [3.05, 3.63) is 63.9 Å². The molecule has 0 bridgehead atoms. The van der Waals surface area contributed by atoms with Crippen LogP contribution in [0.3, 0.4) is 0 Å².